The lowest BCUT2D eigenvalue weighted by Crippen LogP contribution is -2.18. The Kier molecular flexibility index (Phi) is 8.77. The van der Waals surface area contributed by atoms with E-state index in [0.29, 0.717) is 0 Å². The van der Waals surface area contributed by atoms with Gasteiger partial charge in [0.05, 0.1) is 0 Å². The summed E-state index contributed by atoms with van der Waals surface area (Å²) in [4.78, 5) is 0. The molecule has 0 atom stereocenters. The molecule has 0 spiro atoms. The molecule has 0 saturated heterocycles. The molecule has 0 aromatic rings. The molecule has 0 nitrogen and oxygen atoms in total. The molecule has 0 aromatic carbocycles. The number of allylic oxidation sites excluding steroid dienone is 2. The fraction of sp³-hybridized carbons (Fsp3) is 0.913. The average molecular weight is 319 g/mol. The summed E-state index contributed by atoms with van der Waals surface area (Å²) < 4.78 is 0. The SMILES string of the molecule is CCCCC1CCC(/C=C(\CC)C2CCC(CCC)CC2)CC1. The highest BCUT2D eigenvalue weighted by Crippen LogP contribution is 2.39. The molecular weight excluding hydrogens is 276 g/mol. The topological polar surface area (TPSA) is 0 Å². The summed E-state index contributed by atoms with van der Waals surface area (Å²) in [5.41, 5.74) is 1.83. The van der Waals surface area contributed by atoms with Gasteiger partial charge < -0.3 is 0 Å². The molecule has 2 aliphatic carbocycles. The van der Waals surface area contributed by atoms with E-state index in [2.05, 4.69) is 26.8 Å². The van der Waals surface area contributed by atoms with E-state index in [-0.39, 0.29) is 0 Å². The van der Waals surface area contributed by atoms with Crippen molar-refractivity contribution in [3.63, 3.8) is 0 Å². The van der Waals surface area contributed by atoms with Gasteiger partial charge in [-0.2, -0.15) is 0 Å². The second kappa shape index (κ2) is 10.6. The highest BCUT2D eigenvalue weighted by atomic mass is 14.3. The van der Waals surface area contributed by atoms with Crippen LogP contribution in [-0.2, 0) is 0 Å². The van der Waals surface area contributed by atoms with Crippen LogP contribution in [0.3, 0.4) is 0 Å². The van der Waals surface area contributed by atoms with Crippen molar-refractivity contribution in [1.82, 2.24) is 0 Å². The van der Waals surface area contributed by atoms with Gasteiger partial charge in [-0.1, -0.05) is 64.5 Å². The van der Waals surface area contributed by atoms with E-state index in [1.165, 1.54) is 89.9 Å². The van der Waals surface area contributed by atoms with Crippen LogP contribution >= 0.6 is 0 Å². The summed E-state index contributed by atoms with van der Waals surface area (Å²) >= 11 is 0. The lowest BCUT2D eigenvalue weighted by molar-refractivity contribution is 0.274. The van der Waals surface area contributed by atoms with Crippen molar-refractivity contribution in [1.29, 1.82) is 0 Å². The van der Waals surface area contributed by atoms with Crippen LogP contribution in [0.5, 0.6) is 0 Å². The Morgan fingerprint density at radius 1 is 0.739 bits per heavy atom. The first-order valence-corrected chi connectivity index (χ1v) is 11.0. The molecule has 0 radical (unpaired) electrons. The van der Waals surface area contributed by atoms with Crippen molar-refractivity contribution in [3.8, 4) is 0 Å². The Hall–Kier alpha value is -0.260. The first kappa shape index (κ1) is 19.1. The van der Waals surface area contributed by atoms with E-state index in [1.54, 1.807) is 0 Å². The van der Waals surface area contributed by atoms with Crippen LogP contribution < -0.4 is 0 Å². The molecule has 2 aliphatic rings. The van der Waals surface area contributed by atoms with E-state index in [4.69, 9.17) is 0 Å². The monoisotopic (exact) mass is 318 g/mol. The van der Waals surface area contributed by atoms with Crippen molar-refractivity contribution in [2.24, 2.45) is 23.7 Å². The molecule has 0 bridgehead atoms. The molecule has 0 N–H and O–H groups in total. The predicted molar refractivity (Wildman–Crippen MR) is 104 cm³/mol. The minimum absolute atomic E-state index is 0.913. The lowest BCUT2D eigenvalue weighted by atomic mass is 9.74. The van der Waals surface area contributed by atoms with Crippen LogP contribution in [0.2, 0.25) is 0 Å². The van der Waals surface area contributed by atoms with Crippen LogP contribution in [-0.4, -0.2) is 0 Å². The standard InChI is InChI=1S/C23H42/c1-4-7-9-20-10-12-21(13-11-20)18-22(6-3)23-16-14-19(8-5-2)15-17-23/h18-21,23H,4-17H2,1-3H3/b22-18+. The smallest absolute Gasteiger partial charge is 0.0203 e. The molecule has 0 aliphatic heterocycles. The molecule has 2 saturated carbocycles. The van der Waals surface area contributed by atoms with Crippen molar-refractivity contribution in [3.05, 3.63) is 11.6 Å². The van der Waals surface area contributed by atoms with E-state index in [1.807, 2.05) is 5.57 Å². The maximum atomic E-state index is 2.75. The molecule has 2 rings (SSSR count). The second-order valence-electron chi connectivity index (χ2n) is 8.52. The lowest BCUT2D eigenvalue weighted by Gasteiger charge is -2.32. The van der Waals surface area contributed by atoms with Gasteiger partial charge in [-0.25, -0.2) is 0 Å². The summed E-state index contributed by atoms with van der Waals surface area (Å²) in [6.07, 6.45) is 23.1. The van der Waals surface area contributed by atoms with Crippen LogP contribution in [0, 0.1) is 23.7 Å². The third-order valence-corrected chi connectivity index (χ3v) is 6.78. The van der Waals surface area contributed by atoms with Gasteiger partial charge in [0.2, 0.25) is 0 Å². The molecule has 2 fully saturated rings. The summed E-state index contributed by atoms with van der Waals surface area (Å²) in [5, 5.41) is 0. The fourth-order valence-electron chi connectivity index (χ4n) is 5.21. The molecule has 134 valence electrons. The molecule has 0 heteroatoms. The first-order chi connectivity index (χ1) is 11.3. The molecule has 23 heavy (non-hydrogen) atoms. The molecule has 0 heterocycles. The van der Waals surface area contributed by atoms with E-state index in [0.717, 1.165) is 23.7 Å². The Morgan fingerprint density at radius 2 is 1.35 bits per heavy atom. The average Bonchev–Trinajstić information content (AvgIpc) is 2.60. The zero-order valence-electron chi connectivity index (χ0n) is 16.3. The van der Waals surface area contributed by atoms with Gasteiger partial charge in [0.15, 0.2) is 0 Å². The number of hydrogen-bond acceptors (Lipinski definition) is 0. The van der Waals surface area contributed by atoms with Gasteiger partial charge in [-0.3, -0.25) is 0 Å². The van der Waals surface area contributed by atoms with Crippen molar-refractivity contribution in [2.45, 2.75) is 111 Å². The quantitative estimate of drug-likeness (QED) is 0.399. The zero-order chi connectivity index (χ0) is 16.5. The van der Waals surface area contributed by atoms with Crippen LogP contribution in [0.15, 0.2) is 11.6 Å². The molecule has 0 amide bonds. The van der Waals surface area contributed by atoms with Crippen molar-refractivity contribution >= 4 is 0 Å². The number of hydrogen-bond donors (Lipinski definition) is 0. The normalized spacial score (nSPS) is 32.9. The molecule has 0 aromatic heterocycles. The highest BCUT2D eigenvalue weighted by molar-refractivity contribution is 5.10. The zero-order valence-corrected chi connectivity index (χ0v) is 16.3. The minimum Gasteiger partial charge on any atom is -0.0819 e. The van der Waals surface area contributed by atoms with Crippen LogP contribution in [0.4, 0.5) is 0 Å². The van der Waals surface area contributed by atoms with Crippen molar-refractivity contribution in [2.75, 3.05) is 0 Å². The minimum atomic E-state index is 0.913. The first-order valence-electron chi connectivity index (χ1n) is 11.0. The maximum Gasteiger partial charge on any atom is -0.0203 e. The van der Waals surface area contributed by atoms with Gasteiger partial charge in [-0.05, 0) is 81.5 Å². The van der Waals surface area contributed by atoms with Gasteiger partial charge in [0.25, 0.3) is 0 Å². The number of rotatable bonds is 8. The summed E-state index contributed by atoms with van der Waals surface area (Å²) in [6.45, 7) is 7.08. The Bertz CT molecular complexity index is 324. The molecular formula is C23H42. The summed E-state index contributed by atoms with van der Waals surface area (Å²) in [7, 11) is 0. The predicted octanol–water partition coefficient (Wildman–Crippen LogP) is 7.93. The van der Waals surface area contributed by atoms with Crippen LogP contribution in [0.25, 0.3) is 0 Å². The van der Waals surface area contributed by atoms with Crippen molar-refractivity contribution < 1.29 is 0 Å². The van der Waals surface area contributed by atoms with E-state index < -0.39 is 0 Å². The highest BCUT2D eigenvalue weighted by Gasteiger charge is 2.24. The fourth-order valence-corrected chi connectivity index (χ4v) is 5.21. The second-order valence-corrected chi connectivity index (χ2v) is 8.52. The van der Waals surface area contributed by atoms with E-state index >= 15 is 0 Å². The maximum absolute atomic E-state index is 2.75. The third kappa shape index (κ3) is 6.28. The largest absolute Gasteiger partial charge is 0.0819 e. The van der Waals surface area contributed by atoms with Gasteiger partial charge in [0, 0.05) is 0 Å². The Labute approximate surface area is 146 Å². The van der Waals surface area contributed by atoms with Gasteiger partial charge in [0.1, 0.15) is 0 Å². The summed E-state index contributed by atoms with van der Waals surface area (Å²) in [5.74, 6) is 3.94. The van der Waals surface area contributed by atoms with E-state index in [9.17, 15) is 0 Å². The van der Waals surface area contributed by atoms with Gasteiger partial charge in [-0.15, -0.1) is 0 Å². The Morgan fingerprint density at radius 3 is 1.91 bits per heavy atom. The molecule has 0 unspecified atom stereocenters. The number of unbranched alkanes of at least 4 members (excludes halogenated alkanes) is 1. The Balaban J connectivity index is 1.78. The third-order valence-electron chi connectivity index (χ3n) is 6.78. The van der Waals surface area contributed by atoms with Crippen LogP contribution in [0.1, 0.15) is 111 Å². The summed E-state index contributed by atoms with van der Waals surface area (Å²) in [6, 6.07) is 0. The van der Waals surface area contributed by atoms with Gasteiger partial charge >= 0.3 is 0 Å².